The summed E-state index contributed by atoms with van der Waals surface area (Å²) in [5, 5.41) is 0. The van der Waals surface area contributed by atoms with Crippen LogP contribution in [0.25, 0.3) is 0 Å². The quantitative estimate of drug-likeness (QED) is 0.631. The number of nitrogens with zero attached hydrogens (tertiary/aromatic N) is 2. The fraction of sp³-hybridized carbons (Fsp3) is 0.500. The second-order valence-electron chi connectivity index (χ2n) is 3.59. The summed E-state index contributed by atoms with van der Waals surface area (Å²) in [7, 11) is 0. The highest BCUT2D eigenvalue weighted by Gasteiger charge is 2.61. The summed E-state index contributed by atoms with van der Waals surface area (Å²) < 4.78 is 92.0. The first-order valence-electron chi connectivity index (χ1n) is 5.29. The number of hydrogen-bond donors (Lipinski definition) is 0. The first kappa shape index (κ1) is 17.1. The molecule has 0 unspecified atom stereocenters. The number of esters is 1. The summed E-state index contributed by atoms with van der Waals surface area (Å²) in [5.41, 5.74) is -2.53. The molecule has 1 aromatic rings. The van der Waals surface area contributed by atoms with Crippen LogP contribution in [0.4, 0.5) is 30.7 Å². The van der Waals surface area contributed by atoms with E-state index in [1.54, 1.807) is 0 Å². The Morgan fingerprint density at radius 1 is 1.29 bits per heavy atom. The number of hydrogen-bond acceptors (Lipinski definition) is 4. The van der Waals surface area contributed by atoms with Gasteiger partial charge in [0.25, 0.3) is 6.43 Å². The van der Waals surface area contributed by atoms with E-state index in [2.05, 4.69) is 14.7 Å². The Hall–Kier alpha value is -1.94. The van der Waals surface area contributed by atoms with E-state index in [9.17, 15) is 35.5 Å². The van der Waals surface area contributed by atoms with Gasteiger partial charge < -0.3 is 4.74 Å². The van der Waals surface area contributed by atoms with Gasteiger partial charge in [0.05, 0.1) is 6.61 Å². The molecule has 0 atom stereocenters. The molecule has 0 saturated heterocycles. The third-order valence-corrected chi connectivity index (χ3v) is 2.16. The molecule has 0 amide bonds. The Morgan fingerprint density at radius 2 is 1.86 bits per heavy atom. The summed E-state index contributed by atoms with van der Waals surface area (Å²) in [6.07, 6.45) is -9.46. The lowest BCUT2D eigenvalue weighted by Crippen LogP contribution is -2.36. The topological polar surface area (TPSA) is 52.1 Å². The number of ether oxygens (including phenoxy) is 1. The zero-order valence-corrected chi connectivity index (χ0v) is 10.2. The van der Waals surface area contributed by atoms with Crippen LogP contribution in [0.3, 0.4) is 0 Å². The van der Waals surface area contributed by atoms with Crippen LogP contribution in [0, 0.1) is 0 Å². The lowest BCUT2D eigenvalue weighted by molar-refractivity contribution is -0.292. The smallest absolute Gasteiger partial charge is 0.461 e. The standard InChI is InChI=1S/C10H7F7N2O2/c1-2-21-7(20)4-3-18-8(19-5(4)6(11)12)9(13,14)10(15,16)17/h3,6H,2H2,1H3. The van der Waals surface area contributed by atoms with Crippen LogP contribution >= 0.6 is 0 Å². The van der Waals surface area contributed by atoms with E-state index in [-0.39, 0.29) is 12.8 Å². The van der Waals surface area contributed by atoms with Gasteiger partial charge in [-0.25, -0.2) is 23.5 Å². The van der Waals surface area contributed by atoms with Gasteiger partial charge in [0.2, 0.25) is 5.82 Å². The van der Waals surface area contributed by atoms with Gasteiger partial charge >= 0.3 is 18.1 Å². The second-order valence-corrected chi connectivity index (χ2v) is 3.59. The van der Waals surface area contributed by atoms with Crippen molar-refractivity contribution in [1.29, 1.82) is 0 Å². The summed E-state index contributed by atoms with van der Waals surface area (Å²) in [6.45, 7) is 1.12. The highest BCUT2D eigenvalue weighted by molar-refractivity contribution is 5.90. The molecule has 118 valence electrons. The predicted octanol–water partition coefficient (Wildman–Crippen LogP) is 3.25. The number of aromatic nitrogens is 2. The normalized spacial score (nSPS) is 12.6. The monoisotopic (exact) mass is 320 g/mol. The van der Waals surface area contributed by atoms with Gasteiger partial charge in [0.15, 0.2) is 0 Å². The molecule has 1 aromatic heterocycles. The van der Waals surface area contributed by atoms with E-state index in [0.717, 1.165) is 0 Å². The van der Waals surface area contributed by atoms with E-state index in [4.69, 9.17) is 0 Å². The van der Waals surface area contributed by atoms with Crippen LogP contribution in [-0.2, 0) is 10.7 Å². The van der Waals surface area contributed by atoms with Crippen LogP contribution in [0.15, 0.2) is 6.20 Å². The third-order valence-electron chi connectivity index (χ3n) is 2.16. The minimum atomic E-state index is -6.06. The molecule has 0 saturated carbocycles. The van der Waals surface area contributed by atoms with Crippen molar-refractivity contribution in [2.24, 2.45) is 0 Å². The van der Waals surface area contributed by atoms with E-state index in [1.807, 2.05) is 0 Å². The van der Waals surface area contributed by atoms with Crippen molar-refractivity contribution in [2.75, 3.05) is 6.61 Å². The number of carbonyl (C=O) groups is 1. The highest BCUT2D eigenvalue weighted by Crippen LogP contribution is 2.42. The largest absolute Gasteiger partial charge is 0.462 e. The Balaban J connectivity index is 3.37. The summed E-state index contributed by atoms with van der Waals surface area (Å²) in [6, 6.07) is 0. The summed E-state index contributed by atoms with van der Waals surface area (Å²) in [4.78, 5) is 16.4. The van der Waals surface area contributed by atoms with Crippen LogP contribution in [0.1, 0.15) is 35.2 Å². The minimum Gasteiger partial charge on any atom is -0.462 e. The molecule has 11 heteroatoms. The minimum absolute atomic E-state index is 0.154. The highest BCUT2D eigenvalue weighted by atomic mass is 19.4. The fourth-order valence-corrected chi connectivity index (χ4v) is 1.21. The van der Waals surface area contributed by atoms with Gasteiger partial charge in [-0.15, -0.1) is 0 Å². The van der Waals surface area contributed by atoms with Gasteiger partial charge in [0.1, 0.15) is 11.3 Å². The number of halogens is 7. The van der Waals surface area contributed by atoms with Crippen molar-refractivity contribution in [1.82, 2.24) is 9.97 Å². The molecule has 0 N–H and O–H groups in total. The zero-order valence-electron chi connectivity index (χ0n) is 10.2. The maximum atomic E-state index is 13.0. The molecule has 0 radical (unpaired) electrons. The van der Waals surface area contributed by atoms with Gasteiger partial charge in [0, 0.05) is 6.20 Å². The molecule has 21 heavy (non-hydrogen) atoms. The number of alkyl halides is 7. The van der Waals surface area contributed by atoms with E-state index < -0.39 is 41.6 Å². The van der Waals surface area contributed by atoms with E-state index in [1.165, 1.54) is 6.92 Å². The van der Waals surface area contributed by atoms with Crippen molar-refractivity contribution in [3.05, 3.63) is 23.3 Å². The van der Waals surface area contributed by atoms with Crippen molar-refractivity contribution >= 4 is 5.97 Å². The maximum Gasteiger partial charge on any atom is 0.461 e. The SMILES string of the molecule is CCOC(=O)c1cnc(C(F)(F)C(F)(F)F)nc1C(F)F. The average molecular weight is 320 g/mol. The molecular formula is C10H7F7N2O2. The van der Waals surface area contributed by atoms with Crippen molar-refractivity contribution in [3.8, 4) is 0 Å². The molecule has 0 aliphatic rings. The molecule has 0 aromatic carbocycles. The summed E-state index contributed by atoms with van der Waals surface area (Å²) in [5.74, 6) is -9.04. The zero-order chi connectivity index (χ0) is 16.4. The van der Waals surface area contributed by atoms with E-state index >= 15 is 0 Å². The first-order chi connectivity index (χ1) is 9.52. The lowest BCUT2D eigenvalue weighted by Gasteiger charge is -2.18. The molecule has 4 nitrogen and oxygen atoms in total. The molecule has 1 rings (SSSR count). The maximum absolute atomic E-state index is 13.0. The van der Waals surface area contributed by atoms with Crippen molar-refractivity contribution in [2.45, 2.75) is 25.4 Å². The van der Waals surface area contributed by atoms with Gasteiger partial charge in [-0.1, -0.05) is 0 Å². The van der Waals surface area contributed by atoms with Crippen LogP contribution in [-0.4, -0.2) is 28.7 Å². The number of carbonyl (C=O) groups excluding carboxylic acids is 1. The average Bonchev–Trinajstić information content (AvgIpc) is 2.36. The van der Waals surface area contributed by atoms with Crippen molar-refractivity contribution in [3.63, 3.8) is 0 Å². The Kier molecular flexibility index (Phi) is 4.74. The van der Waals surface area contributed by atoms with Crippen molar-refractivity contribution < 1.29 is 40.3 Å². The molecule has 0 aliphatic heterocycles. The molecule has 0 bridgehead atoms. The van der Waals surface area contributed by atoms with Gasteiger partial charge in [-0.05, 0) is 6.92 Å². The molecule has 0 fully saturated rings. The molecular weight excluding hydrogens is 313 g/mol. The Labute approximate surface area is 112 Å². The van der Waals surface area contributed by atoms with Crippen LogP contribution < -0.4 is 0 Å². The van der Waals surface area contributed by atoms with Gasteiger partial charge in [-0.2, -0.15) is 22.0 Å². The lowest BCUT2D eigenvalue weighted by atomic mass is 10.2. The van der Waals surface area contributed by atoms with Crippen LogP contribution in [0.2, 0.25) is 0 Å². The molecule has 0 aliphatic carbocycles. The third kappa shape index (κ3) is 3.39. The molecule has 0 spiro atoms. The summed E-state index contributed by atoms with van der Waals surface area (Å²) >= 11 is 0. The van der Waals surface area contributed by atoms with E-state index in [0.29, 0.717) is 0 Å². The second kappa shape index (κ2) is 5.82. The fourth-order valence-electron chi connectivity index (χ4n) is 1.21. The predicted molar refractivity (Wildman–Crippen MR) is 52.9 cm³/mol. The Bertz CT molecular complexity index is 531. The van der Waals surface area contributed by atoms with Crippen LogP contribution in [0.5, 0.6) is 0 Å². The first-order valence-corrected chi connectivity index (χ1v) is 5.29. The number of rotatable bonds is 4. The van der Waals surface area contributed by atoms with Gasteiger partial charge in [-0.3, -0.25) is 0 Å². The molecule has 1 heterocycles. The Morgan fingerprint density at radius 3 is 2.29 bits per heavy atom.